The van der Waals surface area contributed by atoms with Crippen molar-refractivity contribution in [1.82, 2.24) is 5.32 Å². The number of methoxy groups -OCH3 is 1. The number of hydrogen-bond acceptors (Lipinski definition) is 3. The Bertz CT molecular complexity index is 875. The number of unbranched alkanes of at least 4 members (excludes halogenated alkanes) is 11. The van der Waals surface area contributed by atoms with Gasteiger partial charge in [0.15, 0.2) is 6.20 Å². The van der Waals surface area contributed by atoms with Crippen molar-refractivity contribution in [3.05, 3.63) is 53.9 Å². The van der Waals surface area contributed by atoms with E-state index in [0.717, 1.165) is 36.6 Å². The van der Waals surface area contributed by atoms with E-state index in [1.54, 1.807) is 7.11 Å². The number of aromatic nitrogens is 1. The highest BCUT2D eigenvalue weighted by Crippen LogP contribution is 2.25. The van der Waals surface area contributed by atoms with Crippen molar-refractivity contribution in [2.45, 2.75) is 110 Å². The number of nitrogens with zero attached hydrogens (tertiary/aromatic N) is 1. The highest BCUT2D eigenvalue weighted by Gasteiger charge is 2.13. The Hall–Kier alpha value is -1.83. The Kier molecular flexibility index (Phi) is 19.0. The molecule has 6 heteroatoms. The first kappa shape index (κ1) is 33.2. The van der Waals surface area contributed by atoms with E-state index >= 15 is 0 Å². The van der Waals surface area contributed by atoms with E-state index in [1.807, 2.05) is 42.6 Å². The quantitative estimate of drug-likeness (QED) is 0.138. The molecule has 1 aromatic carbocycles. The molecule has 0 fully saturated rings. The summed E-state index contributed by atoms with van der Waals surface area (Å²) < 4.78 is 13.6. The minimum absolute atomic E-state index is 0. The summed E-state index contributed by atoms with van der Waals surface area (Å²) in [5, 5.41) is 3.02. The maximum absolute atomic E-state index is 12.5. The maximum atomic E-state index is 12.5. The molecule has 0 aliphatic carbocycles. The lowest BCUT2D eigenvalue weighted by Gasteiger charge is -2.12. The number of carbonyl (C=O) groups excluding carboxylic acids is 1. The molecule has 0 bridgehead atoms. The van der Waals surface area contributed by atoms with E-state index in [1.165, 1.54) is 70.6 Å². The molecule has 1 amide bonds. The van der Waals surface area contributed by atoms with Crippen LogP contribution in [0.3, 0.4) is 0 Å². The third-order valence-electron chi connectivity index (χ3n) is 6.72. The van der Waals surface area contributed by atoms with Crippen molar-refractivity contribution in [3.8, 4) is 11.5 Å². The largest absolute Gasteiger partial charge is 1.00 e. The zero-order chi connectivity index (χ0) is 25.8. The van der Waals surface area contributed by atoms with Crippen LogP contribution < -0.4 is 43.3 Å². The molecule has 0 aliphatic rings. The van der Waals surface area contributed by atoms with Gasteiger partial charge < -0.3 is 38.8 Å². The van der Waals surface area contributed by atoms with Gasteiger partial charge >= 0.3 is 0 Å². The molecular weight excluding hydrogens is 575 g/mol. The summed E-state index contributed by atoms with van der Waals surface area (Å²) in [4.78, 5) is 12.5. The molecule has 0 saturated heterocycles. The van der Waals surface area contributed by atoms with Crippen molar-refractivity contribution in [2.24, 2.45) is 0 Å². The van der Waals surface area contributed by atoms with Crippen LogP contribution in [0.4, 0.5) is 0 Å². The molecule has 2 rings (SSSR count). The molecule has 208 valence electrons. The third kappa shape index (κ3) is 14.0. The summed E-state index contributed by atoms with van der Waals surface area (Å²) in [6.45, 7) is 6.47. The van der Waals surface area contributed by atoms with Crippen molar-refractivity contribution < 1.29 is 42.8 Å². The zero-order valence-corrected chi connectivity index (χ0v) is 25.6. The van der Waals surface area contributed by atoms with Gasteiger partial charge in [0.1, 0.15) is 24.6 Å². The second-order valence-electron chi connectivity index (χ2n) is 9.64. The van der Waals surface area contributed by atoms with Gasteiger partial charge in [-0.2, -0.15) is 0 Å². The van der Waals surface area contributed by atoms with E-state index in [9.17, 15) is 4.79 Å². The highest BCUT2D eigenvalue weighted by molar-refractivity contribution is 5.79. The number of halogens is 1. The van der Waals surface area contributed by atoms with Crippen molar-refractivity contribution in [3.63, 3.8) is 0 Å². The second-order valence-corrected chi connectivity index (χ2v) is 9.64. The minimum atomic E-state index is -0.0232. The maximum Gasteiger partial charge on any atom is 0.225 e. The average molecular weight is 625 g/mol. The molecule has 1 N–H and O–H groups in total. The van der Waals surface area contributed by atoms with Crippen LogP contribution in [0, 0.1) is 0 Å². The number of hydrogen-bond donors (Lipinski definition) is 1. The lowest BCUT2D eigenvalue weighted by Crippen LogP contribution is -3.00. The van der Waals surface area contributed by atoms with Crippen LogP contribution in [0.15, 0.2) is 42.6 Å². The lowest BCUT2D eigenvalue weighted by atomic mass is 10.1. The summed E-state index contributed by atoms with van der Waals surface area (Å²) in [5.41, 5.74) is 1.95. The SMILES string of the molecule is CCCCCCCCCCCCCCOc1ccc(CC(=O)NCc2cccc[n+]2CC)c(OC)c1.[I-]. The molecule has 37 heavy (non-hydrogen) atoms. The molecule has 0 spiro atoms. The summed E-state index contributed by atoms with van der Waals surface area (Å²) in [6, 6.07) is 11.8. The summed E-state index contributed by atoms with van der Waals surface area (Å²) in [5.74, 6) is 1.47. The lowest BCUT2D eigenvalue weighted by molar-refractivity contribution is -0.701. The van der Waals surface area contributed by atoms with Crippen LogP contribution in [0.25, 0.3) is 0 Å². The molecule has 0 aliphatic heterocycles. The smallest absolute Gasteiger partial charge is 0.225 e. The van der Waals surface area contributed by atoms with E-state index < -0.39 is 0 Å². The summed E-state index contributed by atoms with van der Waals surface area (Å²) in [6.07, 6.45) is 18.3. The standard InChI is InChI=1S/C31H48N2O3.HI/c1-4-6-7-8-9-10-11-12-13-14-15-18-23-36-29-21-20-27(30(25-29)35-3)24-31(34)32-26-28-19-16-17-22-33(28)5-2;/h16-17,19-22,25H,4-15,18,23-24,26H2,1-3H3;1H. The van der Waals surface area contributed by atoms with E-state index in [-0.39, 0.29) is 36.3 Å². The van der Waals surface area contributed by atoms with E-state index in [0.29, 0.717) is 12.3 Å². The summed E-state index contributed by atoms with van der Waals surface area (Å²) in [7, 11) is 1.64. The number of amides is 1. The Balaban J connectivity index is 0.00000684. The van der Waals surface area contributed by atoms with Gasteiger partial charge in [0.25, 0.3) is 0 Å². The Morgan fingerprint density at radius 1 is 0.865 bits per heavy atom. The summed E-state index contributed by atoms with van der Waals surface area (Å²) >= 11 is 0. The molecule has 2 aromatic rings. The van der Waals surface area contributed by atoms with Crippen LogP contribution >= 0.6 is 0 Å². The average Bonchev–Trinajstić information content (AvgIpc) is 2.91. The van der Waals surface area contributed by atoms with E-state index in [4.69, 9.17) is 9.47 Å². The van der Waals surface area contributed by atoms with Crippen LogP contribution in [0.2, 0.25) is 0 Å². The normalized spacial score (nSPS) is 10.6. The van der Waals surface area contributed by atoms with Gasteiger partial charge in [-0.3, -0.25) is 4.79 Å². The molecular formula is C31H49IN2O3. The van der Waals surface area contributed by atoms with Crippen molar-refractivity contribution in [2.75, 3.05) is 13.7 Å². The predicted octanol–water partition coefficient (Wildman–Crippen LogP) is 3.95. The van der Waals surface area contributed by atoms with Crippen molar-refractivity contribution >= 4 is 5.91 Å². The first-order chi connectivity index (χ1) is 17.7. The molecule has 0 atom stereocenters. The molecule has 5 nitrogen and oxygen atoms in total. The van der Waals surface area contributed by atoms with Gasteiger partial charge in [-0.25, -0.2) is 4.57 Å². The van der Waals surface area contributed by atoms with Gasteiger partial charge in [0.05, 0.1) is 20.1 Å². The number of benzene rings is 1. The Morgan fingerprint density at radius 3 is 2.14 bits per heavy atom. The molecule has 1 aromatic heterocycles. The number of pyridine rings is 1. The second kappa shape index (κ2) is 21.1. The molecule has 0 saturated carbocycles. The van der Waals surface area contributed by atoms with Gasteiger partial charge in [0.2, 0.25) is 11.6 Å². The number of aryl methyl sites for hydroxylation is 1. The van der Waals surface area contributed by atoms with Gasteiger partial charge in [0, 0.05) is 23.8 Å². The fourth-order valence-corrected chi connectivity index (χ4v) is 4.50. The van der Waals surface area contributed by atoms with Crippen LogP contribution in [0.1, 0.15) is 102 Å². The van der Waals surface area contributed by atoms with Crippen LogP contribution in [-0.4, -0.2) is 19.6 Å². The topological polar surface area (TPSA) is 51.4 Å². The van der Waals surface area contributed by atoms with Gasteiger partial charge in [-0.15, -0.1) is 0 Å². The number of carbonyl (C=O) groups is 1. The molecule has 1 heterocycles. The highest BCUT2D eigenvalue weighted by atomic mass is 127. The Morgan fingerprint density at radius 2 is 1.51 bits per heavy atom. The number of ether oxygens (including phenoxy) is 2. The minimum Gasteiger partial charge on any atom is -1.00 e. The fourth-order valence-electron chi connectivity index (χ4n) is 4.50. The first-order valence-corrected chi connectivity index (χ1v) is 14.2. The monoisotopic (exact) mass is 624 g/mol. The van der Waals surface area contributed by atoms with Crippen LogP contribution in [-0.2, 0) is 24.3 Å². The van der Waals surface area contributed by atoms with E-state index in [2.05, 4.69) is 23.7 Å². The third-order valence-corrected chi connectivity index (χ3v) is 6.72. The Labute approximate surface area is 242 Å². The number of rotatable bonds is 20. The molecule has 0 unspecified atom stereocenters. The van der Waals surface area contributed by atoms with Gasteiger partial charge in [-0.1, -0.05) is 89.7 Å². The zero-order valence-electron chi connectivity index (χ0n) is 23.4. The molecule has 0 radical (unpaired) electrons. The van der Waals surface area contributed by atoms with Gasteiger partial charge in [-0.05, 0) is 19.4 Å². The predicted molar refractivity (Wildman–Crippen MR) is 147 cm³/mol. The van der Waals surface area contributed by atoms with Crippen molar-refractivity contribution in [1.29, 1.82) is 0 Å². The first-order valence-electron chi connectivity index (χ1n) is 14.2. The fraction of sp³-hybridized carbons (Fsp3) is 0.613. The number of nitrogens with one attached hydrogen (secondary N) is 1. The van der Waals surface area contributed by atoms with Crippen LogP contribution in [0.5, 0.6) is 11.5 Å².